The van der Waals surface area contributed by atoms with Crippen LogP contribution in [0.15, 0.2) is 59.0 Å². The maximum Gasteiger partial charge on any atom is 0.226 e. The van der Waals surface area contributed by atoms with Crippen molar-refractivity contribution < 1.29 is 9.15 Å². The van der Waals surface area contributed by atoms with E-state index >= 15 is 0 Å². The Morgan fingerprint density at radius 2 is 1.80 bits per heavy atom. The summed E-state index contributed by atoms with van der Waals surface area (Å²) in [5.74, 6) is 2.40. The van der Waals surface area contributed by atoms with Crippen molar-refractivity contribution in [1.29, 1.82) is 0 Å². The molecule has 0 unspecified atom stereocenters. The van der Waals surface area contributed by atoms with Gasteiger partial charge in [-0.1, -0.05) is 37.3 Å². The highest BCUT2D eigenvalue weighted by atomic mass is 16.5. The number of oxazole rings is 1. The van der Waals surface area contributed by atoms with Crippen molar-refractivity contribution in [2.45, 2.75) is 26.8 Å². The first-order valence-electron chi connectivity index (χ1n) is 8.70. The molecule has 0 amide bonds. The minimum Gasteiger partial charge on any atom is -0.493 e. The fraction of sp³-hybridized carbons (Fsp3) is 0.286. The molecule has 4 nitrogen and oxygen atoms in total. The maximum absolute atomic E-state index is 5.84. The van der Waals surface area contributed by atoms with Gasteiger partial charge < -0.3 is 14.5 Å². The highest BCUT2D eigenvalue weighted by Gasteiger charge is 2.11. The van der Waals surface area contributed by atoms with Crippen LogP contribution in [0.4, 0.5) is 0 Å². The summed E-state index contributed by atoms with van der Waals surface area (Å²) in [6.07, 6.45) is 0.724. The summed E-state index contributed by atoms with van der Waals surface area (Å²) in [6.45, 7) is 6.49. The molecule has 0 saturated heterocycles. The Morgan fingerprint density at radius 1 is 1.04 bits per heavy atom. The quantitative estimate of drug-likeness (QED) is 0.663. The zero-order valence-electron chi connectivity index (χ0n) is 14.8. The SMILES string of the molecule is CCNCc1ccc(OCCc2nc(-c3ccccc3)oc2C)cc1. The Balaban J connectivity index is 1.54. The third-order valence-corrected chi connectivity index (χ3v) is 4.02. The van der Waals surface area contributed by atoms with E-state index in [0.29, 0.717) is 12.5 Å². The summed E-state index contributed by atoms with van der Waals surface area (Å²) in [5.41, 5.74) is 3.20. The topological polar surface area (TPSA) is 47.3 Å². The predicted octanol–water partition coefficient (Wildman–Crippen LogP) is 4.38. The van der Waals surface area contributed by atoms with Crippen molar-refractivity contribution in [2.24, 2.45) is 0 Å². The molecule has 0 aliphatic heterocycles. The molecule has 1 N–H and O–H groups in total. The van der Waals surface area contributed by atoms with Gasteiger partial charge >= 0.3 is 0 Å². The summed E-state index contributed by atoms with van der Waals surface area (Å²) in [7, 11) is 0. The summed E-state index contributed by atoms with van der Waals surface area (Å²) in [6, 6.07) is 18.2. The molecule has 0 aliphatic carbocycles. The molecule has 3 rings (SSSR count). The van der Waals surface area contributed by atoms with Crippen LogP contribution in [0, 0.1) is 6.92 Å². The number of rotatable bonds is 8. The van der Waals surface area contributed by atoms with Gasteiger partial charge in [-0.3, -0.25) is 0 Å². The third-order valence-electron chi connectivity index (χ3n) is 4.02. The van der Waals surface area contributed by atoms with E-state index in [4.69, 9.17) is 9.15 Å². The first kappa shape index (κ1) is 17.2. The van der Waals surface area contributed by atoms with Crippen LogP contribution in [0.5, 0.6) is 5.75 Å². The number of nitrogens with one attached hydrogen (secondary N) is 1. The van der Waals surface area contributed by atoms with Crippen molar-refractivity contribution in [3.63, 3.8) is 0 Å². The Morgan fingerprint density at radius 3 is 2.52 bits per heavy atom. The van der Waals surface area contributed by atoms with Gasteiger partial charge in [0.2, 0.25) is 5.89 Å². The molecule has 0 spiro atoms. The second-order valence-corrected chi connectivity index (χ2v) is 5.91. The van der Waals surface area contributed by atoms with Gasteiger partial charge in [0.05, 0.1) is 12.3 Å². The number of hydrogen-bond acceptors (Lipinski definition) is 4. The zero-order valence-corrected chi connectivity index (χ0v) is 14.8. The second kappa shape index (κ2) is 8.49. The Labute approximate surface area is 148 Å². The number of nitrogens with zero attached hydrogens (tertiary/aromatic N) is 1. The molecule has 3 aromatic rings. The molecular formula is C21H24N2O2. The zero-order chi connectivity index (χ0) is 17.5. The average molecular weight is 336 g/mol. The van der Waals surface area contributed by atoms with Crippen LogP contribution in [0.2, 0.25) is 0 Å². The van der Waals surface area contributed by atoms with Crippen LogP contribution in [-0.2, 0) is 13.0 Å². The van der Waals surface area contributed by atoms with Gasteiger partial charge in [0.1, 0.15) is 11.5 Å². The molecular weight excluding hydrogens is 312 g/mol. The minimum atomic E-state index is 0.578. The number of benzene rings is 2. The third kappa shape index (κ3) is 4.70. The molecule has 0 atom stereocenters. The van der Waals surface area contributed by atoms with Gasteiger partial charge in [-0.05, 0) is 43.3 Å². The molecule has 0 saturated carbocycles. The van der Waals surface area contributed by atoms with Crippen molar-refractivity contribution in [2.75, 3.05) is 13.2 Å². The minimum absolute atomic E-state index is 0.578. The van der Waals surface area contributed by atoms with Crippen molar-refractivity contribution in [1.82, 2.24) is 10.3 Å². The lowest BCUT2D eigenvalue weighted by molar-refractivity contribution is 0.320. The van der Waals surface area contributed by atoms with E-state index in [1.807, 2.05) is 49.4 Å². The van der Waals surface area contributed by atoms with Gasteiger partial charge in [0, 0.05) is 18.5 Å². The van der Waals surface area contributed by atoms with Crippen LogP contribution in [0.3, 0.4) is 0 Å². The van der Waals surface area contributed by atoms with Crippen molar-refractivity contribution >= 4 is 0 Å². The van der Waals surface area contributed by atoms with E-state index in [0.717, 1.165) is 42.3 Å². The predicted molar refractivity (Wildman–Crippen MR) is 99.7 cm³/mol. The van der Waals surface area contributed by atoms with Gasteiger partial charge in [-0.15, -0.1) is 0 Å². The van der Waals surface area contributed by atoms with Crippen molar-refractivity contribution in [3.05, 3.63) is 71.6 Å². The second-order valence-electron chi connectivity index (χ2n) is 5.91. The van der Waals surface area contributed by atoms with Gasteiger partial charge in [-0.25, -0.2) is 4.98 Å². The fourth-order valence-corrected chi connectivity index (χ4v) is 2.60. The Kier molecular flexibility index (Phi) is 5.86. The number of aryl methyl sites for hydroxylation is 1. The van der Waals surface area contributed by atoms with Crippen LogP contribution in [0.25, 0.3) is 11.5 Å². The van der Waals surface area contributed by atoms with Crippen LogP contribution >= 0.6 is 0 Å². The molecule has 0 bridgehead atoms. The van der Waals surface area contributed by atoms with Crippen LogP contribution in [-0.4, -0.2) is 18.1 Å². The summed E-state index contributed by atoms with van der Waals surface area (Å²) < 4.78 is 11.6. The van der Waals surface area contributed by atoms with Crippen molar-refractivity contribution in [3.8, 4) is 17.2 Å². The van der Waals surface area contributed by atoms with Gasteiger partial charge in [0.25, 0.3) is 0 Å². The number of aromatic nitrogens is 1. The molecule has 25 heavy (non-hydrogen) atoms. The normalized spacial score (nSPS) is 10.8. The first-order valence-corrected chi connectivity index (χ1v) is 8.70. The maximum atomic E-state index is 5.84. The Bertz CT molecular complexity index is 779. The van der Waals surface area contributed by atoms with E-state index in [-0.39, 0.29) is 0 Å². The molecule has 1 heterocycles. The van der Waals surface area contributed by atoms with E-state index in [9.17, 15) is 0 Å². The monoisotopic (exact) mass is 336 g/mol. The molecule has 1 aromatic heterocycles. The molecule has 130 valence electrons. The van der Waals surface area contributed by atoms with Crippen LogP contribution < -0.4 is 10.1 Å². The standard InChI is InChI=1S/C21H24N2O2/c1-3-22-15-17-9-11-19(12-10-17)24-14-13-20-16(2)25-21(23-20)18-7-5-4-6-8-18/h4-12,22H,3,13-15H2,1-2H3. The summed E-state index contributed by atoms with van der Waals surface area (Å²) >= 11 is 0. The van der Waals surface area contributed by atoms with Gasteiger partial charge in [0.15, 0.2) is 0 Å². The molecule has 0 radical (unpaired) electrons. The lowest BCUT2D eigenvalue weighted by atomic mass is 10.2. The molecule has 0 aliphatic rings. The fourth-order valence-electron chi connectivity index (χ4n) is 2.60. The molecule has 0 fully saturated rings. The van der Waals surface area contributed by atoms with E-state index in [1.165, 1.54) is 5.56 Å². The van der Waals surface area contributed by atoms with E-state index < -0.39 is 0 Å². The average Bonchev–Trinajstić information content (AvgIpc) is 3.03. The number of hydrogen-bond donors (Lipinski definition) is 1. The highest BCUT2D eigenvalue weighted by molar-refractivity contribution is 5.53. The van der Waals surface area contributed by atoms with E-state index in [2.05, 4.69) is 29.4 Å². The van der Waals surface area contributed by atoms with Gasteiger partial charge in [-0.2, -0.15) is 0 Å². The smallest absolute Gasteiger partial charge is 0.226 e. The first-order chi connectivity index (χ1) is 12.3. The lowest BCUT2D eigenvalue weighted by Gasteiger charge is -2.07. The van der Waals surface area contributed by atoms with Crippen LogP contribution in [0.1, 0.15) is 23.9 Å². The van der Waals surface area contributed by atoms with E-state index in [1.54, 1.807) is 0 Å². The summed E-state index contributed by atoms with van der Waals surface area (Å²) in [4.78, 5) is 4.60. The highest BCUT2D eigenvalue weighted by Crippen LogP contribution is 2.22. The lowest BCUT2D eigenvalue weighted by Crippen LogP contribution is -2.11. The molecule has 2 aromatic carbocycles. The summed E-state index contributed by atoms with van der Waals surface area (Å²) in [5, 5.41) is 3.31. The largest absolute Gasteiger partial charge is 0.493 e. The number of ether oxygens (including phenoxy) is 1. The molecule has 4 heteroatoms. The Hall–Kier alpha value is -2.59.